The van der Waals surface area contributed by atoms with Crippen LogP contribution in [0.3, 0.4) is 0 Å². The normalized spacial score (nSPS) is 10.8. The second-order valence-corrected chi connectivity index (χ2v) is 8.24. The molecule has 5 N–H and O–H groups in total. The molecule has 6 heteroatoms. The lowest BCUT2D eigenvalue weighted by atomic mass is 10.0. The first kappa shape index (κ1) is 22.9. The number of benzene rings is 4. The van der Waals surface area contributed by atoms with Gasteiger partial charge in [-0.25, -0.2) is 0 Å². The summed E-state index contributed by atoms with van der Waals surface area (Å²) in [6, 6.07) is 21.9. The standard InChI is InChI=1S/C28H26O6/c29-22-5-1-3-18(11-22)7-9-20-13-24(31)17-25(14-20)34-27-16-21(15-26(32)28(27)33)10-8-19-4-2-6-23(30)12-19/h1-6,11-17,29-33H,7-10H2. The molecule has 0 amide bonds. The summed E-state index contributed by atoms with van der Waals surface area (Å²) in [5.41, 5.74) is 3.48. The molecule has 0 heterocycles. The van der Waals surface area contributed by atoms with Crippen molar-refractivity contribution >= 4 is 0 Å². The zero-order valence-corrected chi connectivity index (χ0v) is 18.5. The molecule has 174 valence electrons. The lowest BCUT2D eigenvalue weighted by Crippen LogP contribution is -1.95. The monoisotopic (exact) mass is 458 g/mol. The molecule has 4 aromatic carbocycles. The second kappa shape index (κ2) is 10.1. The summed E-state index contributed by atoms with van der Waals surface area (Å²) >= 11 is 0. The summed E-state index contributed by atoms with van der Waals surface area (Å²) in [4.78, 5) is 0. The van der Waals surface area contributed by atoms with E-state index in [-0.39, 0.29) is 34.5 Å². The van der Waals surface area contributed by atoms with Crippen LogP contribution in [0.25, 0.3) is 0 Å². The Balaban J connectivity index is 1.49. The zero-order chi connectivity index (χ0) is 24.1. The SMILES string of the molecule is Oc1cccc(CCc2cc(O)cc(Oc3cc(CCc4cccc(O)c4)cc(O)c3O)c2)c1. The Labute approximate surface area is 197 Å². The second-order valence-electron chi connectivity index (χ2n) is 8.24. The minimum Gasteiger partial charge on any atom is -0.508 e. The Bertz CT molecular complexity index is 1300. The van der Waals surface area contributed by atoms with E-state index in [2.05, 4.69) is 0 Å². The molecule has 0 saturated heterocycles. The van der Waals surface area contributed by atoms with Gasteiger partial charge in [-0.3, -0.25) is 0 Å². The van der Waals surface area contributed by atoms with Gasteiger partial charge < -0.3 is 30.3 Å². The Morgan fingerprint density at radius 1 is 0.500 bits per heavy atom. The van der Waals surface area contributed by atoms with E-state index < -0.39 is 0 Å². The zero-order valence-electron chi connectivity index (χ0n) is 18.5. The fraction of sp³-hybridized carbons (Fsp3) is 0.143. The van der Waals surface area contributed by atoms with Gasteiger partial charge in [-0.05, 0) is 96.5 Å². The fourth-order valence-corrected chi connectivity index (χ4v) is 3.85. The number of phenolic OH excluding ortho intramolecular Hbond substituents is 5. The summed E-state index contributed by atoms with van der Waals surface area (Å²) < 4.78 is 5.84. The number of hydrogen-bond donors (Lipinski definition) is 5. The van der Waals surface area contributed by atoms with Crippen molar-refractivity contribution in [1.82, 2.24) is 0 Å². The van der Waals surface area contributed by atoms with Crippen molar-refractivity contribution in [2.45, 2.75) is 25.7 Å². The van der Waals surface area contributed by atoms with Crippen LogP contribution in [0.4, 0.5) is 0 Å². The quantitative estimate of drug-likeness (QED) is 0.221. The number of hydrogen-bond acceptors (Lipinski definition) is 6. The van der Waals surface area contributed by atoms with Crippen molar-refractivity contribution in [2.75, 3.05) is 0 Å². The fourth-order valence-electron chi connectivity index (χ4n) is 3.85. The molecule has 0 fully saturated rings. The molecule has 0 atom stereocenters. The van der Waals surface area contributed by atoms with Gasteiger partial charge >= 0.3 is 0 Å². The summed E-state index contributed by atoms with van der Waals surface area (Å²) in [5.74, 6) is 0.141. The van der Waals surface area contributed by atoms with E-state index in [4.69, 9.17) is 4.74 Å². The van der Waals surface area contributed by atoms with Crippen LogP contribution >= 0.6 is 0 Å². The van der Waals surface area contributed by atoms with Gasteiger partial charge in [0.15, 0.2) is 11.5 Å². The maximum atomic E-state index is 10.3. The number of aromatic hydroxyl groups is 5. The molecular weight excluding hydrogens is 432 g/mol. The number of phenols is 5. The van der Waals surface area contributed by atoms with E-state index in [1.807, 2.05) is 12.1 Å². The third-order valence-electron chi connectivity index (χ3n) is 5.52. The Morgan fingerprint density at radius 2 is 1.03 bits per heavy atom. The first-order valence-corrected chi connectivity index (χ1v) is 11.0. The maximum absolute atomic E-state index is 10.3. The van der Waals surface area contributed by atoms with E-state index in [1.165, 1.54) is 12.1 Å². The Kier molecular flexibility index (Phi) is 6.78. The topological polar surface area (TPSA) is 110 Å². The van der Waals surface area contributed by atoms with Crippen LogP contribution in [0.2, 0.25) is 0 Å². The van der Waals surface area contributed by atoms with Crippen molar-refractivity contribution in [3.63, 3.8) is 0 Å². The molecule has 0 aliphatic heterocycles. The van der Waals surface area contributed by atoms with Gasteiger partial charge in [0.1, 0.15) is 23.0 Å². The molecular formula is C28H26O6. The highest BCUT2D eigenvalue weighted by molar-refractivity contribution is 5.54. The lowest BCUT2D eigenvalue weighted by molar-refractivity contribution is 0.371. The van der Waals surface area contributed by atoms with Gasteiger partial charge in [0.05, 0.1) is 0 Å². The Morgan fingerprint density at radius 3 is 1.62 bits per heavy atom. The first-order chi connectivity index (χ1) is 16.4. The average Bonchev–Trinajstić information content (AvgIpc) is 2.79. The summed E-state index contributed by atoms with van der Waals surface area (Å²) in [5, 5.41) is 50.0. The van der Waals surface area contributed by atoms with E-state index in [0.29, 0.717) is 31.4 Å². The predicted octanol–water partition coefficient (Wildman–Crippen LogP) is 5.58. The van der Waals surface area contributed by atoms with Gasteiger partial charge in [-0.15, -0.1) is 0 Å². The van der Waals surface area contributed by atoms with E-state index >= 15 is 0 Å². The highest BCUT2D eigenvalue weighted by atomic mass is 16.5. The van der Waals surface area contributed by atoms with Gasteiger partial charge in [0, 0.05) is 6.07 Å². The average molecular weight is 459 g/mol. The molecule has 0 unspecified atom stereocenters. The molecule has 0 bridgehead atoms. The van der Waals surface area contributed by atoms with Crippen LogP contribution in [0.5, 0.6) is 40.2 Å². The molecule has 4 rings (SSSR count). The molecule has 0 aromatic heterocycles. The van der Waals surface area contributed by atoms with Gasteiger partial charge in [-0.1, -0.05) is 24.3 Å². The Hall–Kier alpha value is -4.32. The summed E-state index contributed by atoms with van der Waals surface area (Å²) in [6.45, 7) is 0. The van der Waals surface area contributed by atoms with Crippen LogP contribution in [-0.4, -0.2) is 25.5 Å². The first-order valence-electron chi connectivity index (χ1n) is 11.0. The van der Waals surface area contributed by atoms with Crippen LogP contribution in [-0.2, 0) is 25.7 Å². The molecule has 34 heavy (non-hydrogen) atoms. The van der Waals surface area contributed by atoms with Crippen LogP contribution < -0.4 is 4.74 Å². The minimum absolute atomic E-state index is 0.0205. The van der Waals surface area contributed by atoms with Crippen molar-refractivity contribution < 1.29 is 30.3 Å². The molecule has 0 aliphatic rings. The minimum atomic E-state index is -0.384. The predicted molar refractivity (Wildman–Crippen MR) is 129 cm³/mol. The van der Waals surface area contributed by atoms with E-state index in [1.54, 1.807) is 54.6 Å². The van der Waals surface area contributed by atoms with Gasteiger partial charge in [0.25, 0.3) is 0 Å². The molecule has 0 saturated carbocycles. The van der Waals surface area contributed by atoms with Gasteiger partial charge in [0.2, 0.25) is 5.75 Å². The van der Waals surface area contributed by atoms with Crippen LogP contribution in [0.15, 0.2) is 78.9 Å². The number of ether oxygens (including phenoxy) is 1. The van der Waals surface area contributed by atoms with Crippen molar-refractivity contribution in [3.05, 3.63) is 101 Å². The summed E-state index contributed by atoms with van der Waals surface area (Å²) in [7, 11) is 0. The van der Waals surface area contributed by atoms with Crippen LogP contribution in [0.1, 0.15) is 22.3 Å². The lowest BCUT2D eigenvalue weighted by Gasteiger charge is -2.13. The smallest absolute Gasteiger partial charge is 0.201 e. The maximum Gasteiger partial charge on any atom is 0.201 e. The van der Waals surface area contributed by atoms with E-state index in [9.17, 15) is 25.5 Å². The van der Waals surface area contributed by atoms with Crippen molar-refractivity contribution in [3.8, 4) is 40.2 Å². The van der Waals surface area contributed by atoms with Crippen LogP contribution in [0, 0.1) is 0 Å². The third kappa shape index (κ3) is 5.92. The van der Waals surface area contributed by atoms with Crippen molar-refractivity contribution in [1.29, 1.82) is 0 Å². The molecule has 0 spiro atoms. The molecule has 4 aromatic rings. The molecule has 6 nitrogen and oxygen atoms in total. The number of rotatable bonds is 8. The van der Waals surface area contributed by atoms with Gasteiger partial charge in [-0.2, -0.15) is 0 Å². The molecule has 0 radical (unpaired) electrons. The summed E-state index contributed by atoms with van der Waals surface area (Å²) in [6.07, 6.45) is 2.45. The largest absolute Gasteiger partial charge is 0.508 e. The van der Waals surface area contributed by atoms with E-state index in [0.717, 1.165) is 22.3 Å². The van der Waals surface area contributed by atoms with Crippen molar-refractivity contribution in [2.24, 2.45) is 0 Å². The third-order valence-corrected chi connectivity index (χ3v) is 5.52. The highest BCUT2D eigenvalue weighted by Gasteiger charge is 2.13. The highest BCUT2D eigenvalue weighted by Crippen LogP contribution is 2.40. The molecule has 0 aliphatic carbocycles. The number of aryl methyl sites for hydroxylation is 4.